The van der Waals surface area contributed by atoms with E-state index in [9.17, 15) is 8.42 Å². The summed E-state index contributed by atoms with van der Waals surface area (Å²) in [6.45, 7) is 0. The molecule has 0 saturated heterocycles. The van der Waals surface area contributed by atoms with Crippen molar-refractivity contribution in [2.24, 2.45) is 5.73 Å². The predicted octanol–water partition coefficient (Wildman–Crippen LogP) is 1.91. The molecule has 2 aromatic rings. The van der Waals surface area contributed by atoms with Gasteiger partial charge in [-0.2, -0.15) is 0 Å². The largest absolute Gasteiger partial charge is 0.439 e. The van der Waals surface area contributed by atoms with Crippen LogP contribution in [0.4, 0.5) is 0 Å². The van der Waals surface area contributed by atoms with Crippen molar-refractivity contribution in [2.45, 2.75) is 4.90 Å². The van der Waals surface area contributed by atoms with Gasteiger partial charge in [0, 0.05) is 12.3 Å². The van der Waals surface area contributed by atoms with E-state index < -0.39 is 9.84 Å². The summed E-state index contributed by atoms with van der Waals surface area (Å²) in [5.41, 5.74) is 5.93. The summed E-state index contributed by atoms with van der Waals surface area (Å²) in [6.07, 6.45) is 1.14. The van der Waals surface area contributed by atoms with Crippen molar-refractivity contribution in [3.63, 3.8) is 0 Å². The first-order chi connectivity index (χ1) is 9.36. The van der Waals surface area contributed by atoms with E-state index in [2.05, 4.69) is 4.98 Å². The average Bonchev–Trinajstić information content (AvgIpc) is 2.38. The maximum atomic E-state index is 11.5. The van der Waals surface area contributed by atoms with Gasteiger partial charge >= 0.3 is 0 Å². The van der Waals surface area contributed by atoms with E-state index in [1.165, 1.54) is 12.1 Å². The highest BCUT2D eigenvalue weighted by Gasteiger charge is 2.09. The Kier molecular flexibility index (Phi) is 4.01. The molecule has 0 spiro atoms. The maximum absolute atomic E-state index is 11.5. The highest BCUT2D eigenvalue weighted by molar-refractivity contribution is 7.90. The number of hydrogen-bond acceptors (Lipinski definition) is 5. The SMILES string of the molecule is CS(=O)(=O)c1cccc(Oc2cccc(C(N)=S)n2)c1. The summed E-state index contributed by atoms with van der Waals surface area (Å²) >= 11 is 4.84. The third-order valence-corrected chi connectivity index (χ3v) is 3.75. The second-order valence-electron chi connectivity index (χ2n) is 4.07. The molecule has 2 rings (SSSR count). The Morgan fingerprint density at radius 2 is 1.95 bits per heavy atom. The van der Waals surface area contributed by atoms with Gasteiger partial charge in [0.2, 0.25) is 5.88 Å². The first kappa shape index (κ1) is 14.4. The fraction of sp³-hybridized carbons (Fsp3) is 0.0769. The molecule has 5 nitrogen and oxygen atoms in total. The fourth-order valence-electron chi connectivity index (χ4n) is 1.50. The minimum Gasteiger partial charge on any atom is -0.439 e. The summed E-state index contributed by atoms with van der Waals surface area (Å²) in [6, 6.07) is 11.2. The van der Waals surface area contributed by atoms with Gasteiger partial charge in [-0.05, 0) is 24.3 Å². The molecule has 0 aliphatic rings. The monoisotopic (exact) mass is 308 g/mol. The molecule has 2 N–H and O–H groups in total. The van der Waals surface area contributed by atoms with Gasteiger partial charge in [0.25, 0.3) is 0 Å². The molecule has 0 saturated carbocycles. The molecule has 0 fully saturated rings. The Bertz CT molecular complexity index is 758. The van der Waals surface area contributed by atoms with Crippen LogP contribution in [0.2, 0.25) is 0 Å². The molecule has 104 valence electrons. The fourth-order valence-corrected chi connectivity index (χ4v) is 2.27. The van der Waals surface area contributed by atoms with Crippen LogP contribution >= 0.6 is 12.2 Å². The lowest BCUT2D eigenvalue weighted by Crippen LogP contribution is -2.11. The van der Waals surface area contributed by atoms with Crippen LogP contribution in [0.1, 0.15) is 5.69 Å². The second kappa shape index (κ2) is 5.56. The third-order valence-electron chi connectivity index (χ3n) is 2.43. The van der Waals surface area contributed by atoms with Crippen molar-refractivity contribution < 1.29 is 13.2 Å². The van der Waals surface area contributed by atoms with Crippen molar-refractivity contribution in [3.05, 3.63) is 48.2 Å². The summed E-state index contributed by atoms with van der Waals surface area (Å²) in [5.74, 6) is 0.668. The Balaban J connectivity index is 2.31. The molecule has 1 aromatic heterocycles. The van der Waals surface area contributed by atoms with E-state index >= 15 is 0 Å². The lowest BCUT2D eigenvalue weighted by atomic mass is 10.3. The van der Waals surface area contributed by atoms with E-state index in [0.29, 0.717) is 17.3 Å². The van der Waals surface area contributed by atoms with Gasteiger partial charge in [0.05, 0.1) is 4.90 Å². The highest BCUT2D eigenvalue weighted by atomic mass is 32.2. The van der Waals surface area contributed by atoms with Crippen molar-refractivity contribution >= 4 is 27.0 Å². The van der Waals surface area contributed by atoms with Gasteiger partial charge in [0.15, 0.2) is 9.84 Å². The number of pyridine rings is 1. The van der Waals surface area contributed by atoms with Gasteiger partial charge in [-0.25, -0.2) is 13.4 Å². The number of thiocarbonyl (C=S) groups is 1. The molecular weight excluding hydrogens is 296 g/mol. The molecule has 0 unspecified atom stereocenters. The molecular formula is C13H12N2O3S2. The van der Waals surface area contributed by atoms with Crippen LogP contribution in [0.15, 0.2) is 47.4 Å². The van der Waals surface area contributed by atoms with Crippen molar-refractivity contribution in [1.82, 2.24) is 4.98 Å². The van der Waals surface area contributed by atoms with Gasteiger partial charge in [-0.15, -0.1) is 0 Å². The Morgan fingerprint density at radius 1 is 1.25 bits per heavy atom. The molecule has 1 aromatic carbocycles. The lowest BCUT2D eigenvalue weighted by molar-refractivity contribution is 0.461. The van der Waals surface area contributed by atoms with Crippen molar-refractivity contribution in [2.75, 3.05) is 6.26 Å². The number of sulfone groups is 1. The number of benzene rings is 1. The van der Waals surface area contributed by atoms with Crippen LogP contribution < -0.4 is 10.5 Å². The smallest absolute Gasteiger partial charge is 0.219 e. The van der Waals surface area contributed by atoms with E-state index in [-0.39, 0.29) is 9.88 Å². The van der Waals surface area contributed by atoms with Gasteiger partial charge in [-0.3, -0.25) is 0 Å². The van der Waals surface area contributed by atoms with Gasteiger partial charge < -0.3 is 10.5 Å². The molecule has 20 heavy (non-hydrogen) atoms. The summed E-state index contributed by atoms with van der Waals surface area (Å²) in [4.78, 5) is 4.47. The first-order valence-electron chi connectivity index (χ1n) is 5.61. The summed E-state index contributed by atoms with van der Waals surface area (Å²) in [5, 5.41) is 0. The number of ether oxygens (including phenoxy) is 1. The first-order valence-corrected chi connectivity index (χ1v) is 7.91. The molecule has 7 heteroatoms. The Morgan fingerprint density at radius 3 is 2.60 bits per heavy atom. The molecule has 0 radical (unpaired) electrons. The number of nitrogens with zero attached hydrogens (tertiary/aromatic N) is 1. The Hall–Kier alpha value is -1.99. The zero-order valence-corrected chi connectivity index (χ0v) is 12.2. The molecule has 0 amide bonds. The topological polar surface area (TPSA) is 82.3 Å². The molecule has 0 bridgehead atoms. The van der Waals surface area contributed by atoms with E-state index in [1.807, 2.05) is 0 Å². The van der Waals surface area contributed by atoms with Gasteiger partial charge in [-0.1, -0.05) is 24.4 Å². The third kappa shape index (κ3) is 3.52. The predicted molar refractivity (Wildman–Crippen MR) is 79.8 cm³/mol. The van der Waals surface area contributed by atoms with Crippen LogP contribution in [0.5, 0.6) is 11.6 Å². The van der Waals surface area contributed by atoms with E-state index in [1.54, 1.807) is 30.3 Å². The molecule has 0 aliphatic carbocycles. The number of hydrogen-bond donors (Lipinski definition) is 1. The quantitative estimate of drug-likeness (QED) is 0.869. The lowest BCUT2D eigenvalue weighted by Gasteiger charge is -2.07. The number of rotatable bonds is 4. The minimum absolute atomic E-state index is 0.167. The van der Waals surface area contributed by atoms with E-state index in [0.717, 1.165) is 6.26 Å². The number of aromatic nitrogens is 1. The molecule has 0 aliphatic heterocycles. The minimum atomic E-state index is -3.28. The standard InChI is InChI=1S/C13H12N2O3S2/c1-20(16,17)10-5-2-4-9(8-10)18-12-7-3-6-11(15-12)13(14)19/h2-8H,1H3,(H2,14,19). The average molecular weight is 308 g/mol. The maximum Gasteiger partial charge on any atom is 0.219 e. The molecule has 1 heterocycles. The molecule has 0 atom stereocenters. The number of nitrogens with two attached hydrogens (primary N) is 1. The van der Waals surface area contributed by atoms with Crippen molar-refractivity contribution in [3.8, 4) is 11.6 Å². The van der Waals surface area contributed by atoms with Crippen LogP contribution in [-0.4, -0.2) is 24.6 Å². The van der Waals surface area contributed by atoms with Crippen molar-refractivity contribution in [1.29, 1.82) is 0 Å². The highest BCUT2D eigenvalue weighted by Crippen LogP contribution is 2.22. The zero-order chi connectivity index (χ0) is 14.8. The second-order valence-corrected chi connectivity index (χ2v) is 6.53. The van der Waals surface area contributed by atoms with E-state index in [4.69, 9.17) is 22.7 Å². The Labute approximate surface area is 122 Å². The summed E-state index contributed by atoms with van der Waals surface area (Å²) in [7, 11) is -3.28. The van der Waals surface area contributed by atoms with Crippen LogP contribution in [0, 0.1) is 0 Å². The summed E-state index contributed by atoms with van der Waals surface area (Å²) < 4.78 is 28.5. The zero-order valence-electron chi connectivity index (χ0n) is 10.6. The normalized spacial score (nSPS) is 11.1. The van der Waals surface area contributed by atoms with Crippen LogP contribution in [-0.2, 0) is 9.84 Å². The van der Waals surface area contributed by atoms with Crippen LogP contribution in [0.3, 0.4) is 0 Å². The van der Waals surface area contributed by atoms with Crippen LogP contribution in [0.25, 0.3) is 0 Å². The van der Waals surface area contributed by atoms with Gasteiger partial charge in [0.1, 0.15) is 16.4 Å².